The van der Waals surface area contributed by atoms with Gasteiger partial charge in [-0.1, -0.05) is 54.1 Å². The number of hydrogen-bond acceptors (Lipinski definition) is 4. The average Bonchev–Trinajstić information content (AvgIpc) is 3.64. The highest BCUT2D eigenvalue weighted by atomic mass is 19.1. The van der Waals surface area contributed by atoms with Gasteiger partial charge in [-0.15, -0.1) is 0 Å². The Hall–Kier alpha value is -4.07. The number of Topliss-reactive ketones (excluding diaryl/α,β-unsaturated/α-hetero) is 2. The molecule has 2 N–H and O–H groups in total. The molecular formula is C39H45F3O4. The molecular weight excluding hydrogens is 589 g/mol. The predicted molar refractivity (Wildman–Crippen MR) is 178 cm³/mol. The molecule has 46 heavy (non-hydrogen) atoms. The van der Waals surface area contributed by atoms with Gasteiger partial charge in [0.15, 0.2) is 5.78 Å². The van der Waals surface area contributed by atoms with Crippen LogP contribution < -0.4 is 0 Å². The molecule has 1 atom stereocenters. The zero-order valence-corrected chi connectivity index (χ0v) is 27.6. The van der Waals surface area contributed by atoms with Gasteiger partial charge in [0, 0.05) is 25.5 Å². The summed E-state index contributed by atoms with van der Waals surface area (Å²) in [7, 11) is 1.00. The highest BCUT2D eigenvalue weighted by Crippen LogP contribution is 2.34. The van der Waals surface area contributed by atoms with Gasteiger partial charge >= 0.3 is 0 Å². The molecule has 0 amide bonds. The number of aliphatic hydroxyl groups excluding tert-OH is 2. The van der Waals surface area contributed by atoms with E-state index in [2.05, 4.69) is 19.1 Å². The van der Waals surface area contributed by atoms with E-state index in [0.717, 1.165) is 46.9 Å². The Bertz CT molecular complexity index is 1600. The maximum atomic E-state index is 13.2. The quantitative estimate of drug-likeness (QED) is 0.237. The van der Waals surface area contributed by atoms with Crippen molar-refractivity contribution in [1.29, 1.82) is 0 Å². The molecule has 0 fully saturated rings. The van der Waals surface area contributed by atoms with E-state index in [1.807, 2.05) is 39.0 Å². The van der Waals surface area contributed by atoms with Crippen molar-refractivity contribution in [1.82, 2.24) is 0 Å². The second-order valence-corrected chi connectivity index (χ2v) is 11.4. The van der Waals surface area contributed by atoms with Crippen LogP contribution in [0.2, 0.25) is 0 Å². The fourth-order valence-electron chi connectivity index (χ4n) is 5.33. The number of aryl methyl sites for hydroxylation is 5. The lowest BCUT2D eigenvalue weighted by atomic mass is 10.0. The van der Waals surface area contributed by atoms with Crippen LogP contribution in [0.1, 0.15) is 87.2 Å². The van der Waals surface area contributed by atoms with Crippen LogP contribution in [0.15, 0.2) is 72.8 Å². The largest absolute Gasteiger partial charge is 0.400 e. The van der Waals surface area contributed by atoms with Gasteiger partial charge in [0.2, 0.25) is 0 Å². The molecule has 4 aromatic rings. The van der Waals surface area contributed by atoms with Crippen LogP contribution in [0.25, 0.3) is 0 Å². The topological polar surface area (TPSA) is 74.6 Å². The summed E-state index contributed by atoms with van der Waals surface area (Å²) in [6.45, 7) is 9.43. The summed E-state index contributed by atoms with van der Waals surface area (Å²) in [5, 5.41) is 16.4. The van der Waals surface area contributed by atoms with Gasteiger partial charge in [-0.05, 0) is 118 Å². The van der Waals surface area contributed by atoms with Crippen LogP contribution in [0.4, 0.5) is 13.2 Å². The summed E-state index contributed by atoms with van der Waals surface area (Å²) in [6.07, 6.45) is 3.19. The molecule has 0 saturated heterocycles. The first-order chi connectivity index (χ1) is 21.9. The SMILES string of the molecule is CC(=O)CCc1cc(F)ccc1C.CO.Cc1ccc(F)c2c1CCC2=O.Cc1ccc(F)c2c1CC[C@@H]2O.Cc1ccccc1. The maximum absolute atomic E-state index is 13.2. The molecule has 0 aliphatic heterocycles. The molecule has 0 aromatic heterocycles. The Balaban J connectivity index is 0.000000213. The van der Waals surface area contributed by atoms with Gasteiger partial charge in [0.25, 0.3) is 0 Å². The van der Waals surface area contributed by atoms with E-state index in [1.165, 1.54) is 29.8 Å². The van der Waals surface area contributed by atoms with Crippen LogP contribution in [-0.4, -0.2) is 28.9 Å². The lowest BCUT2D eigenvalue weighted by Crippen LogP contribution is -1.97. The molecule has 0 spiro atoms. The lowest BCUT2D eigenvalue weighted by Gasteiger charge is -2.06. The van der Waals surface area contributed by atoms with Crippen molar-refractivity contribution in [2.24, 2.45) is 0 Å². The van der Waals surface area contributed by atoms with Crippen molar-refractivity contribution in [3.05, 3.63) is 140 Å². The Morgan fingerprint density at radius 1 is 0.761 bits per heavy atom. The third-order valence-corrected chi connectivity index (χ3v) is 7.91. The Morgan fingerprint density at radius 2 is 1.35 bits per heavy atom. The zero-order valence-electron chi connectivity index (χ0n) is 27.6. The molecule has 0 radical (unpaired) electrons. The summed E-state index contributed by atoms with van der Waals surface area (Å²) in [4.78, 5) is 21.9. The minimum absolute atomic E-state index is 0.0498. The van der Waals surface area contributed by atoms with Gasteiger partial charge < -0.3 is 15.0 Å². The first kappa shape index (κ1) is 38.1. The normalized spacial score (nSPS) is 13.7. The van der Waals surface area contributed by atoms with Crippen molar-refractivity contribution in [2.45, 2.75) is 79.2 Å². The zero-order chi connectivity index (χ0) is 34.4. The predicted octanol–water partition coefficient (Wildman–Crippen LogP) is 8.64. The second-order valence-electron chi connectivity index (χ2n) is 11.4. The number of rotatable bonds is 3. The summed E-state index contributed by atoms with van der Waals surface area (Å²) in [6, 6.07) is 21.2. The molecule has 0 bridgehead atoms. The summed E-state index contributed by atoms with van der Waals surface area (Å²) < 4.78 is 39.0. The number of carbonyl (C=O) groups excluding carboxylic acids is 2. The molecule has 4 aromatic carbocycles. The molecule has 0 heterocycles. The molecule has 0 saturated carbocycles. The van der Waals surface area contributed by atoms with Gasteiger partial charge in [-0.2, -0.15) is 0 Å². The van der Waals surface area contributed by atoms with Crippen LogP contribution in [0.3, 0.4) is 0 Å². The first-order valence-corrected chi connectivity index (χ1v) is 15.4. The fourth-order valence-corrected chi connectivity index (χ4v) is 5.33. The minimum atomic E-state index is -0.583. The van der Waals surface area contributed by atoms with Crippen molar-refractivity contribution >= 4 is 11.6 Å². The highest BCUT2D eigenvalue weighted by Gasteiger charge is 2.25. The van der Waals surface area contributed by atoms with E-state index in [0.29, 0.717) is 43.2 Å². The summed E-state index contributed by atoms with van der Waals surface area (Å²) in [5.74, 6) is -0.766. The molecule has 7 heteroatoms. The van der Waals surface area contributed by atoms with Crippen LogP contribution in [0, 0.1) is 45.1 Å². The maximum Gasteiger partial charge on any atom is 0.166 e. The highest BCUT2D eigenvalue weighted by molar-refractivity contribution is 6.01. The number of hydrogen-bond donors (Lipinski definition) is 2. The average molecular weight is 635 g/mol. The number of benzene rings is 4. The van der Waals surface area contributed by atoms with E-state index in [4.69, 9.17) is 5.11 Å². The summed E-state index contributed by atoms with van der Waals surface area (Å²) in [5.41, 5.74) is 8.16. The van der Waals surface area contributed by atoms with Gasteiger partial charge in [0.05, 0.1) is 11.7 Å². The first-order valence-electron chi connectivity index (χ1n) is 15.4. The number of fused-ring (bicyclic) bond motifs is 2. The number of halogens is 3. The van der Waals surface area contributed by atoms with Crippen molar-refractivity contribution in [3.63, 3.8) is 0 Å². The number of ketones is 2. The van der Waals surface area contributed by atoms with Gasteiger partial charge in [-0.25, -0.2) is 13.2 Å². The fraction of sp³-hybridized carbons (Fsp3) is 0.333. The van der Waals surface area contributed by atoms with Crippen LogP contribution in [-0.2, 0) is 24.1 Å². The summed E-state index contributed by atoms with van der Waals surface area (Å²) >= 11 is 0. The van der Waals surface area contributed by atoms with Crippen molar-refractivity contribution in [3.8, 4) is 0 Å². The minimum Gasteiger partial charge on any atom is -0.400 e. The van der Waals surface area contributed by atoms with E-state index in [1.54, 1.807) is 25.1 Å². The Labute approximate surface area is 270 Å². The Morgan fingerprint density at radius 3 is 1.89 bits per heavy atom. The molecule has 6 rings (SSSR count). The van der Waals surface area contributed by atoms with Crippen LogP contribution in [0.5, 0.6) is 0 Å². The monoisotopic (exact) mass is 634 g/mol. The van der Waals surface area contributed by atoms with Gasteiger partial charge in [0.1, 0.15) is 23.2 Å². The molecule has 0 unspecified atom stereocenters. The number of aliphatic hydroxyl groups is 2. The molecule has 2 aliphatic carbocycles. The van der Waals surface area contributed by atoms with E-state index < -0.39 is 6.10 Å². The van der Waals surface area contributed by atoms with E-state index >= 15 is 0 Å². The Kier molecular flexibility index (Phi) is 15.6. The van der Waals surface area contributed by atoms with Crippen molar-refractivity contribution in [2.75, 3.05) is 7.11 Å². The van der Waals surface area contributed by atoms with E-state index in [9.17, 15) is 27.9 Å². The smallest absolute Gasteiger partial charge is 0.166 e. The second kappa shape index (κ2) is 18.8. The van der Waals surface area contributed by atoms with E-state index in [-0.39, 0.29) is 29.0 Å². The third kappa shape index (κ3) is 11.1. The standard InChI is InChI=1S/C11H13FO.C10H11FO.C10H9FO.C7H8.CH4O/c1-8-3-6-11(12)7-10(8)5-4-9(2)13;2*1-6-2-4-8(11)10-7(6)3-5-9(10)12;1-7-5-3-2-4-6-7;1-2/h3,6-7H,4-5H2,1-2H3;2,4,9,12H,3,5H2,1H3;2,4H,3,5H2,1H3;2-6H,1H3;2H,1H3/t;9-;;;/m.0.../s1. The lowest BCUT2D eigenvalue weighted by molar-refractivity contribution is -0.116. The molecule has 4 nitrogen and oxygen atoms in total. The molecule has 246 valence electrons. The van der Waals surface area contributed by atoms with Gasteiger partial charge in [-0.3, -0.25) is 4.79 Å². The molecule has 2 aliphatic rings. The number of carbonyl (C=O) groups is 2. The van der Waals surface area contributed by atoms with Crippen molar-refractivity contribution < 1.29 is 33.0 Å². The third-order valence-electron chi connectivity index (χ3n) is 7.91. The van der Waals surface area contributed by atoms with Crippen LogP contribution >= 0.6 is 0 Å².